The Morgan fingerprint density at radius 1 is 1.14 bits per heavy atom. The summed E-state index contributed by atoms with van der Waals surface area (Å²) in [7, 11) is -1.94. The molecule has 0 unspecified atom stereocenters. The largest absolute Gasteiger partial charge is 0.319 e. The molecule has 1 heterocycles. The second kappa shape index (κ2) is 5.53. The number of halogens is 1. The zero-order valence-electron chi connectivity index (χ0n) is 11.9. The van der Waals surface area contributed by atoms with E-state index in [4.69, 9.17) is 11.6 Å². The molecular weight excluding hydrogens is 340 g/mol. The zero-order valence-corrected chi connectivity index (χ0v) is 14.3. The van der Waals surface area contributed by atoms with Gasteiger partial charge in [0.05, 0.1) is 15.1 Å². The van der Waals surface area contributed by atoms with Crippen molar-refractivity contribution in [1.82, 2.24) is 4.57 Å². The molecule has 0 amide bonds. The maximum atomic E-state index is 12.4. The van der Waals surface area contributed by atoms with E-state index in [9.17, 15) is 8.42 Å². The molecule has 3 rings (SSSR count). The van der Waals surface area contributed by atoms with Crippen molar-refractivity contribution in [3.05, 3.63) is 57.9 Å². The van der Waals surface area contributed by atoms with Gasteiger partial charge in [-0.25, -0.2) is 0 Å². The van der Waals surface area contributed by atoms with Gasteiger partial charge in [-0.2, -0.15) is 8.42 Å². The first-order chi connectivity index (χ1) is 10.4. The van der Waals surface area contributed by atoms with Crippen LogP contribution in [0.5, 0.6) is 0 Å². The molecule has 0 saturated carbocycles. The summed E-state index contributed by atoms with van der Waals surface area (Å²) in [6.45, 7) is 1.99. The third-order valence-corrected chi connectivity index (χ3v) is 6.08. The molecule has 4 nitrogen and oxygen atoms in total. The van der Waals surface area contributed by atoms with Gasteiger partial charge in [0.25, 0.3) is 10.0 Å². The van der Waals surface area contributed by atoms with Crippen molar-refractivity contribution in [2.75, 3.05) is 0 Å². The number of sulfonamides is 1. The summed E-state index contributed by atoms with van der Waals surface area (Å²) in [6.07, 6.45) is 0. The van der Waals surface area contributed by atoms with E-state index in [1.54, 1.807) is 12.1 Å². The van der Waals surface area contributed by atoms with Gasteiger partial charge < -0.3 is 4.57 Å². The molecule has 0 atom stereocenters. The van der Waals surface area contributed by atoms with Crippen LogP contribution in [-0.4, -0.2) is 13.0 Å². The minimum atomic E-state index is -3.76. The van der Waals surface area contributed by atoms with Crippen molar-refractivity contribution >= 4 is 43.2 Å². The predicted octanol–water partition coefficient (Wildman–Crippen LogP) is 3.49. The van der Waals surface area contributed by atoms with Crippen molar-refractivity contribution in [3.63, 3.8) is 0 Å². The summed E-state index contributed by atoms with van der Waals surface area (Å²) in [5.74, 6) is 0. The van der Waals surface area contributed by atoms with E-state index in [-0.39, 0.29) is 4.90 Å². The van der Waals surface area contributed by atoms with Gasteiger partial charge in [0, 0.05) is 12.1 Å². The Morgan fingerprint density at radius 2 is 1.82 bits per heavy atom. The molecule has 2 aromatic carbocycles. The van der Waals surface area contributed by atoms with Crippen LogP contribution in [0.1, 0.15) is 5.56 Å². The Hall–Kier alpha value is -1.63. The number of hydrogen-bond donors (Lipinski definition) is 0. The first-order valence-corrected chi connectivity index (χ1v) is 9.14. The number of nitrogens with zero attached hydrogens (tertiary/aromatic N) is 2. The molecule has 0 saturated heterocycles. The SMILES string of the molecule is Cc1cccc2s/c(=N\S(=O)(=O)c3ccc(Cl)cc3)n(C)c12. The van der Waals surface area contributed by atoms with Crippen LogP contribution in [0.4, 0.5) is 0 Å². The molecule has 0 aliphatic heterocycles. The van der Waals surface area contributed by atoms with Gasteiger partial charge in [-0.15, -0.1) is 4.40 Å². The van der Waals surface area contributed by atoms with E-state index in [0.29, 0.717) is 9.82 Å². The summed E-state index contributed by atoms with van der Waals surface area (Å²) in [4.78, 5) is 0.574. The number of hydrogen-bond acceptors (Lipinski definition) is 3. The van der Waals surface area contributed by atoms with Crippen LogP contribution in [0.3, 0.4) is 0 Å². The van der Waals surface area contributed by atoms with Gasteiger partial charge in [0.2, 0.25) is 4.80 Å². The van der Waals surface area contributed by atoms with E-state index in [1.165, 1.54) is 23.5 Å². The van der Waals surface area contributed by atoms with E-state index in [0.717, 1.165) is 15.8 Å². The summed E-state index contributed by atoms with van der Waals surface area (Å²) in [6, 6.07) is 11.9. The molecule has 1 aromatic heterocycles. The quantitative estimate of drug-likeness (QED) is 0.708. The predicted molar refractivity (Wildman–Crippen MR) is 89.7 cm³/mol. The monoisotopic (exact) mass is 352 g/mol. The van der Waals surface area contributed by atoms with Crippen LogP contribution >= 0.6 is 22.9 Å². The minimum Gasteiger partial charge on any atom is -0.319 e. The highest BCUT2D eigenvalue weighted by molar-refractivity contribution is 7.90. The van der Waals surface area contributed by atoms with Gasteiger partial charge in [-0.05, 0) is 42.8 Å². The maximum Gasteiger partial charge on any atom is 0.285 e. The summed E-state index contributed by atoms with van der Waals surface area (Å²) < 4.78 is 31.6. The summed E-state index contributed by atoms with van der Waals surface area (Å²) >= 11 is 7.14. The fourth-order valence-corrected chi connectivity index (χ4v) is 4.70. The molecule has 7 heteroatoms. The fraction of sp³-hybridized carbons (Fsp3) is 0.133. The Balaban J connectivity index is 2.22. The van der Waals surface area contributed by atoms with Gasteiger partial charge in [0.15, 0.2) is 0 Å². The average Bonchev–Trinajstić information content (AvgIpc) is 2.76. The van der Waals surface area contributed by atoms with Crippen LogP contribution in [0.25, 0.3) is 10.2 Å². The number of benzene rings is 2. The molecule has 0 aliphatic carbocycles. The molecule has 3 aromatic rings. The molecule has 0 fully saturated rings. The lowest BCUT2D eigenvalue weighted by atomic mass is 10.2. The molecular formula is C15H13ClN2O2S2. The van der Waals surface area contributed by atoms with E-state index >= 15 is 0 Å². The number of thiazole rings is 1. The average molecular weight is 353 g/mol. The molecule has 0 bridgehead atoms. The highest BCUT2D eigenvalue weighted by Gasteiger charge is 2.14. The highest BCUT2D eigenvalue weighted by atomic mass is 35.5. The van der Waals surface area contributed by atoms with Gasteiger partial charge in [-0.3, -0.25) is 0 Å². The molecule has 0 N–H and O–H groups in total. The second-order valence-corrected chi connectivity index (χ2v) is 7.94. The second-order valence-electron chi connectivity index (χ2n) is 4.89. The number of aryl methyl sites for hydroxylation is 2. The highest BCUT2D eigenvalue weighted by Crippen LogP contribution is 2.21. The van der Waals surface area contributed by atoms with Crippen LogP contribution in [0, 0.1) is 6.92 Å². The standard InChI is InChI=1S/C15H13ClN2O2S2/c1-10-4-3-5-13-14(10)18(2)15(21-13)17-22(19,20)12-8-6-11(16)7-9-12/h3-9H,1-2H3/b17-15-. The lowest BCUT2D eigenvalue weighted by molar-refractivity contribution is 0.596. The number of para-hydroxylation sites is 1. The summed E-state index contributed by atoms with van der Waals surface area (Å²) in [5, 5.41) is 0.488. The van der Waals surface area contributed by atoms with Crippen LogP contribution in [0.15, 0.2) is 51.8 Å². The summed E-state index contributed by atoms with van der Waals surface area (Å²) in [5.41, 5.74) is 2.08. The number of fused-ring (bicyclic) bond motifs is 1. The number of aromatic nitrogens is 1. The molecule has 0 spiro atoms. The van der Waals surface area contributed by atoms with Crippen molar-refractivity contribution < 1.29 is 8.42 Å². The van der Waals surface area contributed by atoms with Crippen LogP contribution in [-0.2, 0) is 17.1 Å². The molecule has 0 radical (unpaired) electrons. The van der Waals surface area contributed by atoms with Crippen LogP contribution < -0.4 is 4.80 Å². The van der Waals surface area contributed by atoms with E-state index < -0.39 is 10.0 Å². The van der Waals surface area contributed by atoms with Crippen LogP contribution in [0.2, 0.25) is 5.02 Å². The van der Waals surface area contributed by atoms with Crippen molar-refractivity contribution in [2.45, 2.75) is 11.8 Å². The third kappa shape index (κ3) is 2.69. The van der Waals surface area contributed by atoms with Crippen molar-refractivity contribution in [2.24, 2.45) is 11.4 Å². The first-order valence-electron chi connectivity index (χ1n) is 6.50. The van der Waals surface area contributed by atoms with Crippen molar-refractivity contribution in [1.29, 1.82) is 0 Å². The Bertz CT molecular complexity index is 1020. The molecule has 22 heavy (non-hydrogen) atoms. The first kappa shape index (κ1) is 15.3. The lowest BCUT2D eigenvalue weighted by Gasteiger charge is -2.00. The topological polar surface area (TPSA) is 51.4 Å². The third-order valence-electron chi connectivity index (χ3n) is 3.33. The maximum absolute atomic E-state index is 12.4. The van der Waals surface area contributed by atoms with Crippen molar-refractivity contribution in [3.8, 4) is 0 Å². The molecule has 0 aliphatic rings. The Morgan fingerprint density at radius 3 is 2.45 bits per heavy atom. The van der Waals surface area contributed by atoms with Gasteiger partial charge in [0.1, 0.15) is 0 Å². The Kier molecular flexibility index (Phi) is 3.84. The smallest absolute Gasteiger partial charge is 0.285 e. The van der Waals surface area contributed by atoms with E-state index in [1.807, 2.05) is 36.7 Å². The lowest BCUT2D eigenvalue weighted by Crippen LogP contribution is -2.14. The normalized spacial score (nSPS) is 13.0. The minimum absolute atomic E-state index is 0.131. The molecule has 114 valence electrons. The fourth-order valence-electron chi connectivity index (χ4n) is 2.25. The van der Waals surface area contributed by atoms with Gasteiger partial charge in [-0.1, -0.05) is 35.1 Å². The van der Waals surface area contributed by atoms with Gasteiger partial charge >= 0.3 is 0 Å². The van der Waals surface area contributed by atoms with E-state index in [2.05, 4.69) is 4.40 Å². The number of rotatable bonds is 2. The Labute approximate surface area is 137 Å². The zero-order chi connectivity index (χ0) is 15.9.